The monoisotopic (exact) mass is 238 g/mol. The fourth-order valence-electron chi connectivity index (χ4n) is 2.76. The van der Waals surface area contributed by atoms with Crippen LogP contribution in [0, 0.1) is 10.7 Å². The van der Waals surface area contributed by atoms with Gasteiger partial charge < -0.3 is 9.55 Å². The van der Waals surface area contributed by atoms with Gasteiger partial charge in [0.1, 0.15) is 0 Å². The number of imidazole rings is 1. The molecule has 0 aromatic carbocycles. The Morgan fingerprint density at radius 3 is 2.81 bits per heavy atom. The molecule has 1 aromatic rings. The first kappa shape index (κ1) is 11.9. The maximum Gasteiger partial charge on any atom is 0.177 e. The average molecular weight is 238 g/mol. The van der Waals surface area contributed by atoms with Gasteiger partial charge in [0, 0.05) is 18.4 Å². The second-order valence-electron chi connectivity index (χ2n) is 4.88. The second kappa shape index (κ2) is 5.67. The zero-order valence-electron chi connectivity index (χ0n) is 10.2. The summed E-state index contributed by atoms with van der Waals surface area (Å²) >= 11 is 5.31. The number of hydrogen-bond acceptors (Lipinski definition) is 1. The Morgan fingerprint density at radius 2 is 2.12 bits per heavy atom. The molecule has 1 N–H and O–H groups in total. The van der Waals surface area contributed by atoms with Crippen LogP contribution in [0.4, 0.5) is 0 Å². The number of aromatic nitrogens is 2. The third kappa shape index (κ3) is 2.76. The van der Waals surface area contributed by atoms with Crippen LogP contribution in [0.2, 0.25) is 0 Å². The van der Waals surface area contributed by atoms with E-state index < -0.39 is 0 Å². The zero-order chi connectivity index (χ0) is 11.4. The maximum atomic E-state index is 5.31. The number of nitrogens with one attached hydrogen (secondary N) is 1. The highest BCUT2D eigenvalue weighted by atomic mass is 32.1. The highest BCUT2D eigenvalue weighted by Gasteiger charge is 2.13. The van der Waals surface area contributed by atoms with Gasteiger partial charge in [-0.05, 0) is 31.0 Å². The van der Waals surface area contributed by atoms with E-state index in [0.717, 1.165) is 23.7 Å². The summed E-state index contributed by atoms with van der Waals surface area (Å²) in [5.74, 6) is 0.940. The number of H-pyrrole nitrogens is 1. The molecule has 16 heavy (non-hydrogen) atoms. The van der Waals surface area contributed by atoms with Crippen LogP contribution in [-0.4, -0.2) is 9.55 Å². The molecule has 0 saturated heterocycles. The molecule has 1 heterocycles. The van der Waals surface area contributed by atoms with Gasteiger partial charge in [-0.1, -0.05) is 39.0 Å². The third-order valence-corrected chi connectivity index (χ3v) is 4.14. The minimum Gasteiger partial charge on any atom is -0.337 e. The molecule has 0 unspecified atom stereocenters. The lowest BCUT2D eigenvalue weighted by Gasteiger charge is -2.21. The van der Waals surface area contributed by atoms with Crippen LogP contribution in [0.5, 0.6) is 0 Å². The number of hydrogen-bond donors (Lipinski definition) is 1. The topological polar surface area (TPSA) is 20.7 Å². The quantitative estimate of drug-likeness (QED) is 0.784. The molecule has 1 fully saturated rings. The predicted molar refractivity (Wildman–Crippen MR) is 70.2 cm³/mol. The molecule has 90 valence electrons. The van der Waals surface area contributed by atoms with E-state index in [1.807, 2.05) is 0 Å². The van der Waals surface area contributed by atoms with Crippen molar-refractivity contribution in [2.75, 3.05) is 0 Å². The van der Waals surface area contributed by atoms with Crippen LogP contribution in [0.25, 0.3) is 0 Å². The maximum absolute atomic E-state index is 5.31. The molecule has 0 radical (unpaired) electrons. The SMILES string of the molecule is CCc1c[nH]c(=S)n1CCC1CCCCC1. The smallest absolute Gasteiger partial charge is 0.177 e. The largest absolute Gasteiger partial charge is 0.337 e. The summed E-state index contributed by atoms with van der Waals surface area (Å²) in [5, 5.41) is 0. The van der Waals surface area contributed by atoms with Gasteiger partial charge in [-0.25, -0.2) is 0 Å². The molecule has 1 aromatic heterocycles. The van der Waals surface area contributed by atoms with Crippen LogP contribution >= 0.6 is 12.2 Å². The highest BCUT2D eigenvalue weighted by molar-refractivity contribution is 7.71. The summed E-state index contributed by atoms with van der Waals surface area (Å²) in [6.07, 6.45) is 11.6. The number of aryl methyl sites for hydroxylation is 1. The van der Waals surface area contributed by atoms with E-state index in [9.17, 15) is 0 Å². The molecule has 0 bridgehead atoms. The number of nitrogens with zero attached hydrogens (tertiary/aromatic N) is 1. The van der Waals surface area contributed by atoms with E-state index >= 15 is 0 Å². The Labute approximate surface area is 103 Å². The summed E-state index contributed by atoms with van der Waals surface area (Å²) in [4.78, 5) is 3.15. The van der Waals surface area contributed by atoms with Gasteiger partial charge >= 0.3 is 0 Å². The molecule has 1 aliphatic carbocycles. The van der Waals surface area contributed by atoms with Crippen molar-refractivity contribution in [3.8, 4) is 0 Å². The van der Waals surface area contributed by atoms with Crippen molar-refractivity contribution >= 4 is 12.2 Å². The van der Waals surface area contributed by atoms with Gasteiger partial charge in [-0.3, -0.25) is 0 Å². The highest BCUT2D eigenvalue weighted by Crippen LogP contribution is 2.26. The van der Waals surface area contributed by atoms with Crippen LogP contribution < -0.4 is 0 Å². The van der Waals surface area contributed by atoms with E-state index in [-0.39, 0.29) is 0 Å². The fraction of sp³-hybridized carbons (Fsp3) is 0.769. The first-order valence-corrected chi connectivity index (χ1v) is 6.99. The second-order valence-corrected chi connectivity index (χ2v) is 5.27. The molecule has 1 saturated carbocycles. The van der Waals surface area contributed by atoms with Crippen LogP contribution in [0.15, 0.2) is 6.20 Å². The van der Waals surface area contributed by atoms with Crippen LogP contribution in [0.3, 0.4) is 0 Å². The third-order valence-electron chi connectivity index (χ3n) is 3.80. The Hall–Kier alpha value is -0.570. The molecule has 2 nitrogen and oxygen atoms in total. The Kier molecular flexibility index (Phi) is 4.22. The van der Waals surface area contributed by atoms with Crippen molar-refractivity contribution in [2.45, 2.75) is 58.4 Å². The minimum absolute atomic E-state index is 0.896. The summed E-state index contributed by atoms with van der Waals surface area (Å²) in [5.41, 5.74) is 1.35. The lowest BCUT2D eigenvalue weighted by molar-refractivity contribution is 0.322. The van der Waals surface area contributed by atoms with Gasteiger partial charge in [-0.2, -0.15) is 0 Å². The normalized spacial score (nSPS) is 17.8. The zero-order valence-corrected chi connectivity index (χ0v) is 11.0. The van der Waals surface area contributed by atoms with Gasteiger partial charge in [0.05, 0.1) is 0 Å². The fourth-order valence-corrected chi connectivity index (χ4v) is 3.02. The van der Waals surface area contributed by atoms with Gasteiger partial charge in [0.2, 0.25) is 0 Å². The van der Waals surface area contributed by atoms with E-state index in [4.69, 9.17) is 12.2 Å². The first-order chi connectivity index (χ1) is 7.81. The Morgan fingerprint density at radius 1 is 1.38 bits per heavy atom. The Bertz CT molecular complexity index is 372. The predicted octanol–water partition coefficient (Wildman–Crippen LogP) is 4.08. The van der Waals surface area contributed by atoms with Gasteiger partial charge in [-0.15, -0.1) is 0 Å². The van der Waals surface area contributed by atoms with Crippen molar-refractivity contribution in [1.29, 1.82) is 0 Å². The molecule has 3 heteroatoms. The summed E-state index contributed by atoms with van der Waals surface area (Å²) in [6, 6.07) is 0. The van der Waals surface area contributed by atoms with Crippen molar-refractivity contribution < 1.29 is 0 Å². The van der Waals surface area contributed by atoms with Gasteiger partial charge in [0.15, 0.2) is 4.77 Å². The van der Waals surface area contributed by atoms with Crippen molar-refractivity contribution in [2.24, 2.45) is 5.92 Å². The standard InChI is InChI=1S/C13H22N2S/c1-2-12-10-14-13(16)15(12)9-8-11-6-4-3-5-7-11/h10-11H,2-9H2,1H3,(H,14,16). The lowest BCUT2D eigenvalue weighted by atomic mass is 9.87. The summed E-state index contributed by atoms with van der Waals surface area (Å²) in [7, 11) is 0. The van der Waals surface area contributed by atoms with Crippen molar-refractivity contribution in [1.82, 2.24) is 9.55 Å². The molecular formula is C13H22N2S. The van der Waals surface area contributed by atoms with E-state index in [2.05, 4.69) is 22.7 Å². The molecular weight excluding hydrogens is 216 g/mol. The average Bonchev–Trinajstić information content (AvgIpc) is 2.69. The molecule has 2 rings (SSSR count). The summed E-state index contributed by atoms with van der Waals surface area (Å²) < 4.78 is 3.18. The van der Waals surface area contributed by atoms with Crippen molar-refractivity contribution in [3.05, 3.63) is 16.7 Å². The molecule has 0 amide bonds. The Balaban J connectivity index is 1.93. The molecule has 0 atom stereocenters. The molecule has 0 spiro atoms. The minimum atomic E-state index is 0.896. The van der Waals surface area contributed by atoms with E-state index in [1.54, 1.807) is 0 Å². The van der Waals surface area contributed by atoms with Crippen molar-refractivity contribution in [3.63, 3.8) is 0 Å². The molecule has 1 aliphatic rings. The van der Waals surface area contributed by atoms with Crippen LogP contribution in [0.1, 0.15) is 51.1 Å². The molecule has 0 aliphatic heterocycles. The lowest BCUT2D eigenvalue weighted by Crippen LogP contribution is -2.11. The van der Waals surface area contributed by atoms with Crippen LogP contribution in [-0.2, 0) is 13.0 Å². The van der Waals surface area contributed by atoms with Gasteiger partial charge in [0.25, 0.3) is 0 Å². The summed E-state index contributed by atoms with van der Waals surface area (Å²) in [6.45, 7) is 3.30. The van der Waals surface area contributed by atoms with E-state index in [1.165, 1.54) is 44.2 Å². The van der Waals surface area contributed by atoms with E-state index in [0.29, 0.717) is 0 Å². The number of aromatic amines is 1. The number of rotatable bonds is 4. The first-order valence-electron chi connectivity index (χ1n) is 6.58.